The smallest absolute Gasteiger partial charge is 0.175 e. The summed E-state index contributed by atoms with van der Waals surface area (Å²) >= 11 is 0. The van der Waals surface area contributed by atoms with Gasteiger partial charge in [0.05, 0.1) is 4.90 Å². The number of benzene rings is 1. The topological polar surface area (TPSA) is 60.2 Å². The van der Waals surface area contributed by atoms with E-state index in [4.69, 9.17) is 5.73 Å². The van der Waals surface area contributed by atoms with E-state index in [9.17, 15) is 8.42 Å². The van der Waals surface area contributed by atoms with Crippen molar-refractivity contribution in [2.75, 3.05) is 6.26 Å². The summed E-state index contributed by atoms with van der Waals surface area (Å²) in [6, 6.07) is 6.96. The molecule has 0 aromatic heterocycles. The third kappa shape index (κ3) is 2.83. The maximum atomic E-state index is 11.3. The van der Waals surface area contributed by atoms with Crippen LogP contribution in [-0.4, -0.2) is 14.7 Å². The molecule has 0 spiro atoms. The van der Waals surface area contributed by atoms with E-state index in [0.717, 1.165) is 17.9 Å². The zero-order valence-electron chi connectivity index (χ0n) is 9.39. The first kappa shape index (κ1) is 11.6. The Labute approximate surface area is 96.6 Å². The molecule has 0 heterocycles. The molecule has 2 N–H and O–H groups in total. The van der Waals surface area contributed by atoms with Crippen LogP contribution in [0, 0.1) is 5.92 Å². The van der Waals surface area contributed by atoms with Gasteiger partial charge in [-0.1, -0.05) is 25.0 Å². The summed E-state index contributed by atoms with van der Waals surface area (Å²) in [5.41, 5.74) is 7.07. The van der Waals surface area contributed by atoms with Crippen molar-refractivity contribution in [3.63, 3.8) is 0 Å². The molecule has 1 aromatic rings. The predicted octanol–water partition coefficient (Wildman–Crippen LogP) is 1.89. The Hall–Kier alpha value is -0.870. The highest BCUT2D eigenvalue weighted by molar-refractivity contribution is 7.90. The maximum absolute atomic E-state index is 11.3. The molecular formula is C12H17NO2S. The number of nitrogens with two attached hydrogens (primary N) is 1. The van der Waals surface area contributed by atoms with E-state index >= 15 is 0 Å². The molecule has 1 atom stereocenters. The molecule has 16 heavy (non-hydrogen) atoms. The number of hydrogen-bond acceptors (Lipinski definition) is 3. The standard InChI is InChI=1S/C12H17NO2S/c1-16(14,15)11-6-4-10(5-7-11)12(13)8-9-2-3-9/h4-7,9,12H,2-3,8,13H2,1H3. The SMILES string of the molecule is CS(=O)(=O)c1ccc(C(N)CC2CC2)cc1. The lowest BCUT2D eigenvalue weighted by Crippen LogP contribution is -2.11. The van der Waals surface area contributed by atoms with Crippen LogP contribution in [0.5, 0.6) is 0 Å². The van der Waals surface area contributed by atoms with Crippen molar-refractivity contribution < 1.29 is 8.42 Å². The zero-order valence-corrected chi connectivity index (χ0v) is 10.2. The molecule has 4 heteroatoms. The fraction of sp³-hybridized carbons (Fsp3) is 0.500. The van der Waals surface area contributed by atoms with Gasteiger partial charge < -0.3 is 5.73 Å². The lowest BCUT2D eigenvalue weighted by Gasteiger charge is -2.11. The first-order chi connectivity index (χ1) is 7.47. The van der Waals surface area contributed by atoms with Gasteiger partial charge in [0, 0.05) is 12.3 Å². The molecule has 1 unspecified atom stereocenters. The summed E-state index contributed by atoms with van der Waals surface area (Å²) in [5.74, 6) is 0.782. The second-order valence-corrected chi connectivity index (χ2v) is 6.64. The average molecular weight is 239 g/mol. The number of rotatable bonds is 4. The number of sulfone groups is 1. The van der Waals surface area contributed by atoms with Crippen molar-refractivity contribution in [2.45, 2.75) is 30.2 Å². The molecular weight excluding hydrogens is 222 g/mol. The van der Waals surface area contributed by atoms with Crippen LogP contribution in [0.1, 0.15) is 30.9 Å². The van der Waals surface area contributed by atoms with E-state index in [2.05, 4.69) is 0 Å². The van der Waals surface area contributed by atoms with Crippen molar-refractivity contribution in [3.8, 4) is 0 Å². The third-order valence-corrected chi connectivity index (χ3v) is 4.15. The van der Waals surface area contributed by atoms with Crippen LogP contribution in [-0.2, 0) is 9.84 Å². The highest BCUT2D eigenvalue weighted by Crippen LogP contribution is 2.36. The maximum Gasteiger partial charge on any atom is 0.175 e. The van der Waals surface area contributed by atoms with Crippen LogP contribution < -0.4 is 5.73 Å². The molecule has 0 bridgehead atoms. The van der Waals surface area contributed by atoms with E-state index in [1.807, 2.05) is 12.1 Å². The Bertz CT molecular complexity index is 460. The van der Waals surface area contributed by atoms with Gasteiger partial charge in [-0.15, -0.1) is 0 Å². The largest absolute Gasteiger partial charge is 0.324 e. The van der Waals surface area contributed by atoms with Gasteiger partial charge in [0.15, 0.2) is 9.84 Å². The third-order valence-electron chi connectivity index (χ3n) is 3.02. The molecule has 1 aromatic carbocycles. The van der Waals surface area contributed by atoms with E-state index in [1.165, 1.54) is 19.1 Å². The first-order valence-corrected chi connectivity index (χ1v) is 7.41. The summed E-state index contributed by atoms with van der Waals surface area (Å²) < 4.78 is 22.5. The van der Waals surface area contributed by atoms with Crippen LogP contribution in [0.25, 0.3) is 0 Å². The minimum absolute atomic E-state index is 0.0427. The lowest BCUT2D eigenvalue weighted by atomic mass is 10.0. The lowest BCUT2D eigenvalue weighted by molar-refractivity contribution is 0.594. The van der Waals surface area contributed by atoms with Crippen molar-refractivity contribution in [1.82, 2.24) is 0 Å². The highest BCUT2D eigenvalue weighted by atomic mass is 32.2. The summed E-state index contributed by atoms with van der Waals surface area (Å²) in [6.07, 6.45) is 4.80. The van der Waals surface area contributed by atoms with E-state index in [1.54, 1.807) is 12.1 Å². The Kier molecular flexibility index (Phi) is 3.04. The van der Waals surface area contributed by atoms with Gasteiger partial charge in [0.25, 0.3) is 0 Å². The monoisotopic (exact) mass is 239 g/mol. The van der Waals surface area contributed by atoms with Crippen molar-refractivity contribution >= 4 is 9.84 Å². The van der Waals surface area contributed by atoms with Gasteiger partial charge in [0.2, 0.25) is 0 Å². The molecule has 88 valence electrons. The molecule has 0 amide bonds. The Balaban J connectivity index is 2.11. The predicted molar refractivity (Wildman–Crippen MR) is 63.8 cm³/mol. The van der Waals surface area contributed by atoms with Crippen LogP contribution in [0.15, 0.2) is 29.2 Å². The summed E-state index contributed by atoms with van der Waals surface area (Å²) in [4.78, 5) is 0.356. The molecule has 1 saturated carbocycles. The highest BCUT2D eigenvalue weighted by Gasteiger charge is 2.24. The summed E-state index contributed by atoms with van der Waals surface area (Å²) in [6.45, 7) is 0. The van der Waals surface area contributed by atoms with Crippen LogP contribution >= 0.6 is 0 Å². The van der Waals surface area contributed by atoms with Crippen molar-refractivity contribution in [3.05, 3.63) is 29.8 Å². The van der Waals surface area contributed by atoms with Gasteiger partial charge in [-0.25, -0.2) is 8.42 Å². The molecule has 0 saturated heterocycles. The van der Waals surface area contributed by atoms with Crippen LogP contribution in [0.4, 0.5) is 0 Å². The van der Waals surface area contributed by atoms with Crippen LogP contribution in [0.2, 0.25) is 0 Å². The van der Waals surface area contributed by atoms with Gasteiger partial charge in [-0.3, -0.25) is 0 Å². The average Bonchev–Trinajstić information content (AvgIpc) is 3.00. The first-order valence-electron chi connectivity index (χ1n) is 5.52. The Morgan fingerprint density at radius 2 is 1.88 bits per heavy atom. The molecule has 2 rings (SSSR count). The molecule has 0 aliphatic heterocycles. The fourth-order valence-electron chi connectivity index (χ4n) is 1.81. The number of hydrogen-bond donors (Lipinski definition) is 1. The Morgan fingerprint density at radius 1 is 1.31 bits per heavy atom. The summed E-state index contributed by atoms with van der Waals surface area (Å²) in [5, 5.41) is 0. The zero-order chi connectivity index (χ0) is 11.8. The van der Waals surface area contributed by atoms with E-state index in [0.29, 0.717) is 4.90 Å². The minimum atomic E-state index is -3.10. The van der Waals surface area contributed by atoms with Gasteiger partial charge in [-0.2, -0.15) is 0 Å². The van der Waals surface area contributed by atoms with Gasteiger partial charge >= 0.3 is 0 Å². The Morgan fingerprint density at radius 3 is 2.31 bits per heavy atom. The van der Waals surface area contributed by atoms with E-state index in [-0.39, 0.29) is 6.04 Å². The quantitative estimate of drug-likeness (QED) is 0.872. The summed E-state index contributed by atoms with van der Waals surface area (Å²) in [7, 11) is -3.10. The molecule has 1 aliphatic rings. The van der Waals surface area contributed by atoms with Crippen molar-refractivity contribution in [2.24, 2.45) is 11.7 Å². The van der Waals surface area contributed by atoms with Crippen molar-refractivity contribution in [1.29, 1.82) is 0 Å². The second-order valence-electron chi connectivity index (χ2n) is 4.63. The molecule has 3 nitrogen and oxygen atoms in total. The molecule has 1 aliphatic carbocycles. The fourth-order valence-corrected chi connectivity index (χ4v) is 2.44. The molecule has 1 fully saturated rings. The second kappa shape index (κ2) is 4.18. The molecule has 0 radical (unpaired) electrons. The van der Waals surface area contributed by atoms with Crippen LogP contribution in [0.3, 0.4) is 0 Å². The van der Waals surface area contributed by atoms with Gasteiger partial charge in [0.1, 0.15) is 0 Å². The normalized spacial score (nSPS) is 18.4. The van der Waals surface area contributed by atoms with Gasteiger partial charge in [-0.05, 0) is 30.0 Å². The van der Waals surface area contributed by atoms with E-state index < -0.39 is 9.84 Å². The minimum Gasteiger partial charge on any atom is -0.324 e.